The molecule has 3 N–H and O–H groups in total. The molecule has 0 saturated heterocycles. The van der Waals surface area contributed by atoms with Crippen LogP contribution in [-0.4, -0.2) is 41.8 Å². The highest BCUT2D eigenvalue weighted by Crippen LogP contribution is 2.63. The number of carbonyl (C=O) groups is 3. The van der Waals surface area contributed by atoms with E-state index >= 15 is 0 Å². The molecule has 7 nitrogen and oxygen atoms in total. The van der Waals surface area contributed by atoms with Crippen LogP contribution in [0.15, 0.2) is 48.5 Å². The number of fused-ring (bicyclic) bond motifs is 4. The van der Waals surface area contributed by atoms with Gasteiger partial charge in [0.25, 0.3) is 0 Å². The molecule has 3 saturated carbocycles. The lowest BCUT2D eigenvalue weighted by atomic mass is 9.79. The van der Waals surface area contributed by atoms with Crippen LogP contribution in [0.3, 0.4) is 0 Å². The quantitative estimate of drug-likeness (QED) is 0.610. The number of carboxylic acids is 1. The van der Waals surface area contributed by atoms with E-state index in [1.54, 1.807) is 0 Å². The fraction of sp³-hybridized carbons (Fsp3) is 0.444. The summed E-state index contributed by atoms with van der Waals surface area (Å²) in [5.41, 5.74) is 4.13. The van der Waals surface area contributed by atoms with Crippen molar-refractivity contribution in [2.24, 2.45) is 17.3 Å². The van der Waals surface area contributed by atoms with Crippen LogP contribution in [0.25, 0.3) is 11.1 Å². The average molecular weight is 461 g/mol. The lowest BCUT2D eigenvalue weighted by molar-refractivity contribution is -0.144. The summed E-state index contributed by atoms with van der Waals surface area (Å²) < 4.78 is 5.59. The van der Waals surface area contributed by atoms with Gasteiger partial charge in [0.1, 0.15) is 6.61 Å². The van der Waals surface area contributed by atoms with Gasteiger partial charge >= 0.3 is 12.1 Å². The summed E-state index contributed by atoms with van der Waals surface area (Å²) in [4.78, 5) is 36.4. The van der Waals surface area contributed by atoms with Gasteiger partial charge in [-0.15, -0.1) is 0 Å². The minimum atomic E-state index is -0.731. The highest BCUT2D eigenvalue weighted by Gasteiger charge is 2.65. The molecule has 0 heterocycles. The second-order valence-corrected chi connectivity index (χ2v) is 10.3. The van der Waals surface area contributed by atoms with Crippen molar-refractivity contribution < 1.29 is 24.2 Å². The second-order valence-electron chi connectivity index (χ2n) is 10.3. The van der Waals surface area contributed by atoms with Crippen LogP contribution in [-0.2, 0) is 14.3 Å². The number of aliphatic carboxylic acids is 1. The first kappa shape index (κ1) is 21.2. The van der Waals surface area contributed by atoms with E-state index in [9.17, 15) is 19.5 Å². The van der Waals surface area contributed by atoms with Gasteiger partial charge in [0.15, 0.2) is 0 Å². The summed E-state index contributed by atoms with van der Waals surface area (Å²) in [5.74, 6) is -0.677. The first-order chi connectivity index (χ1) is 16.4. The normalized spacial score (nSPS) is 30.4. The molecule has 4 aliphatic carbocycles. The molecule has 0 aliphatic heterocycles. The van der Waals surface area contributed by atoms with Crippen molar-refractivity contribution in [2.45, 2.75) is 50.1 Å². The predicted molar refractivity (Wildman–Crippen MR) is 124 cm³/mol. The lowest BCUT2D eigenvalue weighted by Crippen LogP contribution is -2.51. The molecule has 3 atom stereocenters. The largest absolute Gasteiger partial charge is 0.481 e. The van der Waals surface area contributed by atoms with E-state index in [1.165, 1.54) is 22.3 Å². The molecule has 4 aliphatic rings. The van der Waals surface area contributed by atoms with Crippen LogP contribution in [0.1, 0.15) is 49.1 Å². The highest BCUT2D eigenvalue weighted by molar-refractivity contribution is 5.82. The smallest absolute Gasteiger partial charge is 0.407 e. The molecule has 2 aromatic carbocycles. The van der Waals surface area contributed by atoms with Crippen molar-refractivity contribution in [1.82, 2.24) is 10.6 Å². The predicted octanol–water partition coefficient (Wildman–Crippen LogP) is 3.67. The third-order valence-electron chi connectivity index (χ3n) is 8.36. The molecule has 6 rings (SSSR count). The van der Waals surface area contributed by atoms with Gasteiger partial charge in [-0.2, -0.15) is 0 Å². The molecular weight excluding hydrogens is 432 g/mol. The Balaban J connectivity index is 0.967. The van der Waals surface area contributed by atoms with Crippen LogP contribution in [0.2, 0.25) is 0 Å². The Hall–Kier alpha value is -3.35. The number of hydrogen-bond donors (Lipinski definition) is 3. The zero-order valence-electron chi connectivity index (χ0n) is 18.8. The van der Waals surface area contributed by atoms with Crippen LogP contribution in [0, 0.1) is 17.3 Å². The fourth-order valence-electron chi connectivity index (χ4n) is 6.34. The van der Waals surface area contributed by atoms with Gasteiger partial charge in [-0.05, 0) is 60.3 Å². The molecule has 0 radical (unpaired) electrons. The van der Waals surface area contributed by atoms with Gasteiger partial charge in [-0.3, -0.25) is 9.59 Å². The minimum Gasteiger partial charge on any atom is -0.481 e. The summed E-state index contributed by atoms with van der Waals surface area (Å²) in [5, 5.41) is 15.3. The summed E-state index contributed by atoms with van der Waals surface area (Å²) in [6, 6.07) is 16.3. The number of carbonyl (C=O) groups excluding carboxylic acids is 2. The van der Waals surface area contributed by atoms with Crippen molar-refractivity contribution >= 4 is 18.0 Å². The summed E-state index contributed by atoms with van der Waals surface area (Å²) in [7, 11) is 0. The molecule has 0 spiro atoms. The molecule has 7 heteroatoms. The van der Waals surface area contributed by atoms with E-state index < -0.39 is 17.5 Å². The molecule has 2 aromatic rings. The number of benzene rings is 2. The average Bonchev–Trinajstić information content (AvgIpc) is 3.23. The zero-order chi connectivity index (χ0) is 23.4. The Labute approximate surface area is 197 Å². The molecule has 0 bridgehead atoms. The van der Waals surface area contributed by atoms with Crippen LogP contribution in [0.5, 0.6) is 0 Å². The first-order valence-corrected chi connectivity index (χ1v) is 12.1. The van der Waals surface area contributed by atoms with Gasteiger partial charge < -0.3 is 20.5 Å². The molecular formula is C27H28N2O5. The van der Waals surface area contributed by atoms with E-state index in [0.29, 0.717) is 19.3 Å². The number of amides is 2. The van der Waals surface area contributed by atoms with Crippen molar-refractivity contribution in [3.8, 4) is 11.1 Å². The van der Waals surface area contributed by atoms with Crippen molar-refractivity contribution in [3.05, 3.63) is 59.7 Å². The van der Waals surface area contributed by atoms with Crippen molar-refractivity contribution in [3.63, 3.8) is 0 Å². The molecule has 34 heavy (non-hydrogen) atoms. The van der Waals surface area contributed by atoms with Crippen LogP contribution >= 0.6 is 0 Å². The lowest BCUT2D eigenvalue weighted by Gasteiger charge is -2.35. The number of ether oxygens (including phenoxy) is 1. The summed E-state index contributed by atoms with van der Waals surface area (Å²) in [6.45, 7) is 0.269. The van der Waals surface area contributed by atoms with E-state index in [4.69, 9.17) is 4.74 Å². The van der Waals surface area contributed by atoms with Crippen LogP contribution in [0.4, 0.5) is 4.79 Å². The van der Waals surface area contributed by atoms with E-state index in [-0.39, 0.29) is 42.4 Å². The topological polar surface area (TPSA) is 105 Å². The number of rotatable bonds is 6. The van der Waals surface area contributed by atoms with Crippen LogP contribution < -0.4 is 10.6 Å². The zero-order valence-corrected chi connectivity index (χ0v) is 18.8. The maximum Gasteiger partial charge on any atom is 0.407 e. The van der Waals surface area contributed by atoms with E-state index in [0.717, 1.165) is 12.8 Å². The van der Waals surface area contributed by atoms with Gasteiger partial charge in [0.2, 0.25) is 5.91 Å². The third kappa shape index (κ3) is 3.45. The first-order valence-electron chi connectivity index (χ1n) is 12.1. The minimum absolute atomic E-state index is 0.0183. The maximum atomic E-state index is 12.5. The van der Waals surface area contributed by atoms with Gasteiger partial charge in [-0.1, -0.05) is 48.5 Å². The SMILES string of the molecule is O=C(NC1CC(C(=O)NC2CC3CC3(C(=O)O)C2)C1)OCC1c2ccccc2-c2ccccc21. The molecule has 3 fully saturated rings. The fourth-order valence-corrected chi connectivity index (χ4v) is 6.34. The molecule has 176 valence electrons. The van der Waals surface area contributed by atoms with E-state index in [2.05, 4.69) is 34.9 Å². The molecule has 3 unspecified atom stereocenters. The summed E-state index contributed by atoms with van der Waals surface area (Å²) >= 11 is 0. The second kappa shape index (κ2) is 7.86. The Bertz CT molecular complexity index is 1130. The molecule has 0 aromatic heterocycles. The Kier molecular flexibility index (Phi) is 4.90. The monoisotopic (exact) mass is 460 g/mol. The third-order valence-corrected chi connectivity index (χ3v) is 8.36. The van der Waals surface area contributed by atoms with Gasteiger partial charge in [0.05, 0.1) is 5.41 Å². The number of alkyl carbamates (subject to hydrolysis) is 1. The molecule has 2 amide bonds. The summed E-state index contributed by atoms with van der Waals surface area (Å²) in [6.07, 6.45) is 2.74. The Morgan fingerprint density at radius 3 is 2.15 bits per heavy atom. The Morgan fingerprint density at radius 1 is 0.882 bits per heavy atom. The standard InChI is InChI=1S/C27H28N2O5/c30-24(28-18-11-16-12-27(16,13-18)25(31)32)15-9-17(10-15)29-26(33)34-14-23-21-7-3-1-5-19(21)20-6-2-4-8-22(20)23/h1-8,15-18,23H,9-14H2,(H,28,30)(H,29,33)(H,31,32). The number of hydrogen-bond acceptors (Lipinski definition) is 4. The van der Waals surface area contributed by atoms with Crippen molar-refractivity contribution in [2.75, 3.05) is 6.61 Å². The number of nitrogens with one attached hydrogen (secondary N) is 2. The Morgan fingerprint density at radius 2 is 1.53 bits per heavy atom. The van der Waals surface area contributed by atoms with E-state index in [1.807, 2.05) is 24.3 Å². The van der Waals surface area contributed by atoms with Gasteiger partial charge in [0, 0.05) is 23.9 Å². The van der Waals surface area contributed by atoms with Crippen molar-refractivity contribution in [1.29, 1.82) is 0 Å². The number of carboxylic acid groups (broad SMARTS) is 1. The highest BCUT2D eigenvalue weighted by atomic mass is 16.5. The maximum absolute atomic E-state index is 12.5. The van der Waals surface area contributed by atoms with Gasteiger partial charge in [-0.25, -0.2) is 4.79 Å².